The van der Waals surface area contributed by atoms with Crippen LogP contribution in [0.25, 0.3) is 0 Å². The molecule has 0 unspecified atom stereocenters. The molecule has 5 rings (SSSR count). The van der Waals surface area contributed by atoms with E-state index in [-0.39, 0.29) is 54.9 Å². The van der Waals surface area contributed by atoms with E-state index < -0.39 is 48.1 Å². The van der Waals surface area contributed by atoms with Gasteiger partial charge in [-0.05, 0) is 48.9 Å². The summed E-state index contributed by atoms with van der Waals surface area (Å²) in [7, 11) is 1.61. The Labute approximate surface area is 289 Å². The molecule has 1 heterocycles. The van der Waals surface area contributed by atoms with Crippen molar-refractivity contribution < 1.29 is 37.8 Å². The Morgan fingerprint density at radius 3 is 2.40 bits per heavy atom. The van der Waals surface area contributed by atoms with Crippen molar-refractivity contribution >= 4 is 23.6 Å². The number of rotatable bonds is 9. The minimum Gasteiger partial charge on any atom is -0.491 e. The highest BCUT2D eigenvalue weighted by molar-refractivity contribution is 6.01. The van der Waals surface area contributed by atoms with Gasteiger partial charge in [0.15, 0.2) is 11.6 Å². The molecule has 11 nitrogen and oxygen atoms in total. The number of amides is 4. The van der Waals surface area contributed by atoms with Gasteiger partial charge in [-0.2, -0.15) is 0 Å². The Morgan fingerprint density at radius 2 is 1.64 bits per heavy atom. The maximum atomic E-state index is 14.7. The predicted molar refractivity (Wildman–Crippen MR) is 184 cm³/mol. The molecule has 4 aromatic carbocycles. The van der Waals surface area contributed by atoms with E-state index in [2.05, 4.69) is 16.0 Å². The van der Waals surface area contributed by atoms with Crippen LogP contribution in [0.4, 0.5) is 4.39 Å². The summed E-state index contributed by atoms with van der Waals surface area (Å²) in [5.41, 5.74) is 0.991. The van der Waals surface area contributed by atoms with Crippen molar-refractivity contribution in [3.8, 4) is 23.0 Å². The third-order valence-electron chi connectivity index (χ3n) is 7.89. The van der Waals surface area contributed by atoms with Crippen LogP contribution in [0.1, 0.15) is 29.3 Å². The molecule has 3 atom stereocenters. The van der Waals surface area contributed by atoms with Crippen LogP contribution in [-0.2, 0) is 20.8 Å². The molecular formula is C38H39FN4O7. The standard InChI is InChI=1S/C38H39FN4O7/c1-25(24-49-33-19-11-17-29(39)35(33)50-27-14-7-4-8-15-27)40-37(46)30-23-34(44)41-31(22-26-12-5-3-6-13-26)38(47)43(2)20-21-48-32-18-10-9-16-28(32)36(45)42-30/h3-19,25,30-31H,20-24H2,1-2H3,(H,40,46)(H,41,44)(H,42,45)/t25-,30+,31+/m1/s1. The van der Waals surface area contributed by atoms with Crippen LogP contribution in [0.2, 0.25) is 0 Å². The zero-order chi connectivity index (χ0) is 35.5. The van der Waals surface area contributed by atoms with E-state index in [1.54, 1.807) is 74.6 Å². The minimum absolute atomic E-state index is 0.0867. The van der Waals surface area contributed by atoms with Crippen LogP contribution < -0.4 is 30.2 Å². The quantitative estimate of drug-likeness (QED) is 0.240. The summed E-state index contributed by atoms with van der Waals surface area (Å²) in [5.74, 6) is -2.18. The smallest absolute Gasteiger partial charge is 0.255 e. The average molecular weight is 683 g/mol. The molecule has 3 N–H and O–H groups in total. The van der Waals surface area contributed by atoms with Gasteiger partial charge in [0.1, 0.15) is 36.8 Å². The van der Waals surface area contributed by atoms with Crippen LogP contribution in [0.3, 0.4) is 0 Å². The molecule has 1 aliphatic heterocycles. The van der Waals surface area contributed by atoms with Gasteiger partial charge in [0.2, 0.25) is 23.5 Å². The number of hydrogen-bond acceptors (Lipinski definition) is 7. The van der Waals surface area contributed by atoms with Gasteiger partial charge >= 0.3 is 0 Å². The summed E-state index contributed by atoms with van der Waals surface area (Å²) < 4.78 is 32.2. The van der Waals surface area contributed by atoms with Crippen LogP contribution in [0, 0.1) is 5.82 Å². The lowest BCUT2D eigenvalue weighted by atomic mass is 10.0. The normalized spacial score (nSPS) is 17.6. The molecule has 0 bridgehead atoms. The van der Waals surface area contributed by atoms with Gasteiger partial charge in [0.05, 0.1) is 24.6 Å². The topological polar surface area (TPSA) is 135 Å². The second-order valence-electron chi connectivity index (χ2n) is 11.8. The number of nitrogens with one attached hydrogen (secondary N) is 3. The van der Waals surface area contributed by atoms with Crippen LogP contribution in [-0.4, -0.2) is 73.5 Å². The first-order valence-corrected chi connectivity index (χ1v) is 16.2. The Kier molecular flexibility index (Phi) is 12.0. The van der Waals surface area contributed by atoms with Gasteiger partial charge in [0, 0.05) is 13.5 Å². The van der Waals surface area contributed by atoms with E-state index >= 15 is 0 Å². The maximum absolute atomic E-state index is 14.7. The van der Waals surface area contributed by atoms with Crippen LogP contribution in [0.15, 0.2) is 103 Å². The SMILES string of the molecule is C[C@H](COc1cccc(F)c1Oc1ccccc1)NC(=O)[C@@H]1CC(=O)N[C@@H](Cc2ccccc2)C(=O)N(C)CCOc2ccccc2C(=O)N1. The second-order valence-corrected chi connectivity index (χ2v) is 11.8. The van der Waals surface area contributed by atoms with E-state index in [4.69, 9.17) is 14.2 Å². The number of carbonyl (C=O) groups excluding carboxylic acids is 4. The monoisotopic (exact) mass is 682 g/mol. The Balaban J connectivity index is 1.32. The molecule has 0 aliphatic carbocycles. The third kappa shape index (κ3) is 9.59. The lowest BCUT2D eigenvalue weighted by Gasteiger charge is -2.27. The van der Waals surface area contributed by atoms with E-state index in [1.165, 1.54) is 17.0 Å². The fraction of sp³-hybridized carbons (Fsp3) is 0.263. The van der Waals surface area contributed by atoms with Crippen molar-refractivity contribution in [2.75, 3.05) is 26.8 Å². The van der Waals surface area contributed by atoms with Crippen molar-refractivity contribution in [1.29, 1.82) is 0 Å². The van der Waals surface area contributed by atoms with Gasteiger partial charge in [-0.1, -0.05) is 66.7 Å². The molecule has 4 aromatic rings. The minimum atomic E-state index is -1.34. The number of halogens is 1. The lowest BCUT2D eigenvalue weighted by molar-refractivity contribution is -0.136. The molecule has 0 radical (unpaired) electrons. The Hall–Kier alpha value is -5.91. The fourth-order valence-corrected chi connectivity index (χ4v) is 5.29. The maximum Gasteiger partial charge on any atom is 0.255 e. The first-order valence-electron chi connectivity index (χ1n) is 16.2. The van der Waals surface area contributed by atoms with Crippen molar-refractivity contribution in [2.24, 2.45) is 0 Å². The molecule has 1 aliphatic rings. The predicted octanol–water partition coefficient (Wildman–Crippen LogP) is 4.27. The molecule has 260 valence electrons. The highest BCUT2D eigenvalue weighted by Crippen LogP contribution is 2.34. The molecule has 0 spiro atoms. The average Bonchev–Trinajstić information content (AvgIpc) is 3.11. The summed E-state index contributed by atoms with van der Waals surface area (Å²) in [6.45, 7) is 1.86. The number of ether oxygens (including phenoxy) is 3. The number of carbonyl (C=O) groups is 4. The highest BCUT2D eigenvalue weighted by Gasteiger charge is 2.30. The molecule has 0 saturated carbocycles. The number of hydrogen-bond donors (Lipinski definition) is 3. The summed E-state index contributed by atoms with van der Waals surface area (Å²) in [4.78, 5) is 55.6. The summed E-state index contributed by atoms with van der Waals surface area (Å²) >= 11 is 0. The zero-order valence-corrected chi connectivity index (χ0v) is 27.8. The molecule has 12 heteroatoms. The Morgan fingerprint density at radius 1 is 0.940 bits per heavy atom. The van der Waals surface area contributed by atoms with E-state index in [0.29, 0.717) is 5.75 Å². The fourth-order valence-electron chi connectivity index (χ4n) is 5.29. The summed E-state index contributed by atoms with van der Waals surface area (Å²) in [6.07, 6.45) is -0.248. The highest BCUT2D eigenvalue weighted by atomic mass is 19.1. The van der Waals surface area contributed by atoms with Crippen molar-refractivity contribution in [3.63, 3.8) is 0 Å². The van der Waals surface area contributed by atoms with Gasteiger partial charge in [-0.25, -0.2) is 4.39 Å². The number of likely N-dealkylation sites (N-methyl/N-ethyl adjacent to an activating group) is 1. The van der Waals surface area contributed by atoms with Crippen molar-refractivity contribution in [2.45, 2.75) is 37.9 Å². The summed E-state index contributed by atoms with van der Waals surface area (Å²) in [5, 5.41) is 8.21. The van der Waals surface area contributed by atoms with Crippen LogP contribution in [0.5, 0.6) is 23.0 Å². The van der Waals surface area contributed by atoms with Gasteiger partial charge in [-0.15, -0.1) is 0 Å². The number of para-hydroxylation sites is 3. The van der Waals surface area contributed by atoms with Gasteiger partial charge < -0.3 is 35.1 Å². The van der Waals surface area contributed by atoms with Gasteiger partial charge in [-0.3, -0.25) is 19.2 Å². The number of nitrogens with zero attached hydrogens (tertiary/aromatic N) is 1. The molecule has 50 heavy (non-hydrogen) atoms. The summed E-state index contributed by atoms with van der Waals surface area (Å²) in [6, 6.07) is 25.8. The van der Waals surface area contributed by atoms with Gasteiger partial charge in [0.25, 0.3) is 5.91 Å². The molecule has 0 aromatic heterocycles. The number of fused-ring (bicyclic) bond motifs is 1. The second kappa shape index (κ2) is 17.0. The van der Waals surface area contributed by atoms with Crippen LogP contribution >= 0.6 is 0 Å². The van der Waals surface area contributed by atoms with E-state index in [1.807, 2.05) is 30.3 Å². The van der Waals surface area contributed by atoms with Crippen molar-refractivity contribution in [1.82, 2.24) is 20.9 Å². The molecule has 0 fully saturated rings. The third-order valence-corrected chi connectivity index (χ3v) is 7.89. The Bertz CT molecular complexity index is 1790. The molecule has 4 amide bonds. The zero-order valence-electron chi connectivity index (χ0n) is 27.8. The molecule has 0 saturated heterocycles. The number of benzene rings is 4. The molecular weight excluding hydrogens is 643 g/mol. The van der Waals surface area contributed by atoms with E-state index in [0.717, 1.165) is 5.56 Å². The first-order chi connectivity index (χ1) is 24.2. The largest absolute Gasteiger partial charge is 0.491 e. The van der Waals surface area contributed by atoms with E-state index in [9.17, 15) is 23.6 Å². The first kappa shape index (κ1) is 35.4. The lowest BCUT2D eigenvalue weighted by Crippen LogP contribution is -2.54. The van der Waals surface area contributed by atoms with Crippen molar-refractivity contribution in [3.05, 3.63) is 120 Å².